The summed E-state index contributed by atoms with van der Waals surface area (Å²) in [5, 5.41) is 13.2. The van der Waals surface area contributed by atoms with Crippen molar-refractivity contribution in [1.29, 1.82) is 0 Å². The topological polar surface area (TPSA) is 118 Å². The lowest BCUT2D eigenvalue weighted by molar-refractivity contribution is -0.129. The SMILES string of the molecule is C[C@@H](Nc1ncnc2c1cc(-c1ccc(N)cc1)n2CCCCCC(=O)NO)c1ccccc1. The minimum Gasteiger partial charge on any atom is -0.399 e. The Bertz CT molecular complexity index is 1240. The molecule has 0 saturated carbocycles. The Kier molecular flexibility index (Phi) is 7.39. The first-order valence-electron chi connectivity index (χ1n) is 11.5. The summed E-state index contributed by atoms with van der Waals surface area (Å²) in [6, 6.07) is 20.3. The van der Waals surface area contributed by atoms with E-state index in [1.54, 1.807) is 11.8 Å². The summed E-state index contributed by atoms with van der Waals surface area (Å²) in [7, 11) is 0. The van der Waals surface area contributed by atoms with Crippen LogP contribution < -0.4 is 16.5 Å². The van der Waals surface area contributed by atoms with Gasteiger partial charge in [-0.1, -0.05) is 48.9 Å². The van der Waals surface area contributed by atoms with Crippen LogP contribution in [0.3, 0.4) is 0 Å². The number of benzene rings is 2. The molecule has 1 amide bonds. The molecule has 34 heavy (non-hydrogen) atoms. The Morgan fingerprint density at radius 3 is 2.56 bits per heavy atom. The second kappa shape index (κ2) is 10.8. The van der Waals surface area contributed by atoms with Gasteiger partial charge in [0.2, 0.25) is 5.91 Å². The summed E-state index contributed by atoms with van der Waals surface area (Å²) in [6.07, 6.45) is 4.34. The molecule has 4 aromatic rings. The third kappa shape index (κ3) is 5.35. The van der Waals surface area contributed by atoms with Crippen molar-refractivity contribution in [3.05, 3.63) is 72.6 Å². The summed E-state index contributed by atoms with van der Waals surface area (Å²) in [6.45, 7) is 2.86. The standard InChI is InChI=1S/C26H30N6O2/c1-18(19-8-4-2-5-9-19)30-25-22-16-23(20-11-13-21(27)14-12-20)32(26(22)29-17-28-25)15-7-3-6-10-24(33)31-34/h2,4-5,8-9,11-14,16-18,34H,3,6-7,10,15,27H2,1H3,(H,31,33)(H,28,29,30)/t18-/m1/s1. The number of fused-ring (bicyclic) bond motifs is 1. The number of aryl methyl sites for hydroxylation is 1. The van der Waals surface area contributed by atoms with Crippen LogP contribution in [-0.4, -0.2) is 25.6 Å². The lowest BCUT2D eigenvalue weighted by Crippen LogP contribution is -2.17. The highest BCUT2D eigenvalue weighted by atomic mass is 16.5. The Morgan fingerprint density at radius 2 is 1.82 bits per heavy atom. The first-order valence-corrected chi connectivity index (χ1v) is 11.5. The van der Waals surface area contributed by atoms with Crippen LogP contribution in [0.2, 0.25) is 0 Å². The van der Waals surface area contributed by atoms with Crippen molar-refractivity contribution in [2.75, 3.05) is 11.1 Å². The Morgan fingerprint density at radius 1 is 1.06 bits per heavy atom. The molecule has 0 spiro atoms. The molecule has 0 aliphatic heterocycles. The molecule has 0 radical (unpaired) electrons. The summed E-state index contributed by atoms with van der Waals surface area (Å²) < 4.78 is 2.20. The molecule has 4 rings (SSSR count). The zero-order valence-corrected chi connectivity index (χ0v) is 19.2. The third-order valence-corrected chi connectivity index (χ3v) is 5.96. The van der Waals surface area contributed by atoms with Gasteiger partial charge >= 0.3 is 0 Å². The van der Waals surface area contributed by atoms with Crippen LogP contribution in [-0.2, 0) is 11.3 Å². The largest absolute Gasteiger partial charge is 0.399 e. The van der Waals surface area contributed by atoms with Crippen LogP contribution in [0.4, 0.5) is 11.5 Å². The molecular weight excluding hydrogens is 428 g/mol. The molecule has 8 heteroatoms. The minimum atomic E-state index is -0.357. The van der Waals surface area contributed by atoms with Crippen LogP contribution in [0.5, 0.6) is 0 Å². The van der Waals surface area contributed by atoms with E-state index in [2.05, 4.69) is 45.0 Å². The number of hydrogen-bond acceptors (Lipinski definition) is 6. The fourth-order valence-corrected chi connectivity index (χ4v) is 4.12. The van der Waals surface area contributed by atoms with E-state index in [1.807, 2.05) is 42.5 Å². The predicted octanol–water partition coefficient (Wildman–Crippen LogP) is 4.92. The highest BCUT2D eigenvalue weighted by Crippen LogP contribution is 2.32. The van der Waals surface area contributed by atoms with Crippen molar-refractivity contribution < 1.29 is 10.0 Å². The van der Waals surface area contributed by atoms with E-state index in [0.717, 1.165) is 47.5 Å². The number of hydrogen-bond donors (Lipinski definition) is 4. The number of rotatable bonds is 10. The van der Waals surface area contributed by atoms with E-state index in [-0.39, 0.29) is 11.9 Å². The molecule has 0 saturated heterocycles. The maximum absolute atomic E-state index is 11.3. The maximum Gasteiger partial charge on any atom is 0.243 e. The molecule has 8 nitrogen and oxygen atoms in total. The average Bonchev–Trinajstić information content (AvgIpc) is 3.24. The number of carbonyl (C=O) groups is 1. The molecule has 0 aliphatic carbocycles. The van der Waals surface area contributed by atoms with Gasteiger partial charge in [-0.3, -0.25) is 10.0 Å². The third-order valence-electron chi connectivity index (χ3n) is 5.96. The predicted molar refractivity (Wildman–Crippen MR) is 134 cm³/mol. The number of nitrogens with one attached hydrogen (secondary N) is 2. The fraction of sp³-hybridized carbons (Fsp3) is 0.269. The zero-order chi connectivity index (χ0) is 23.9. The number of hydroxylamine groups is 1. The molecule has 0 unspecified atom stereocenters. The molecular formula is C26H30N6O2. The van der Waals surface area contributed by atoms with Gasteiger partial charge in [0.15, 0.2) is 0 Å². The maximum atomic E-state index is 11.3. The number of aromatic nitrogens is 3. The number of unbranched alkanes of at least 4 members (excludes halogenated alkanes) is 2. The summed E-state index contributed by atoms with van der Waals surface area (Å²) in [4.78, 5) is 20.4. The molecule has 2 heterocycles. The van der Waals surface area contributed by atoms with E-state index in [0.29, 0.717) is 18.5 Å². The van der Waals surface area contributed by atoms with Crippen LogP contribution in [0.1, 0.15) is 44.2 Å². The van der Waals surface area contributed by atoms with E-state index in [4.69, 9.17) is 10.9 Å². The van der Waals surface area contributed by atoms with E-state index < -0.39 is 0 Å². The molecule has 2 aromatic carbocycles. The molecule has 2 aromatic heterocycles. The van der Waals surface area contributed by atoms with Crippen molar-refractivity contribution in [1.82, 2.24) is 20.0 Å². The fourth-order valence-electron chi connectivity index (χ4n) is 4.12. The number of anilines is 2. The molecule has 0 fully saturated rings. The smallest absolute Gasteiger partial charge is 0.243 e. The normalized spacial score (nSPS) is 11.9. The highest BCUT2D eigenvalue weighted by Gasteiger charge is 2.17. The quantitative estimate of drug-likeness (QED) is 0.116. The first kappa shape index (κ1) is 23.3. The molecule has 0 aliphatic rings. The second-order valence-corrected chi connectivity index (χ2v) is 8.39. The Labute approximate surface area is 198 Å². The van der Waals surface area contributed by atoms with Gasteiger partial charge in [-0.15, -0.1) is 0 Å². The van der Waals surface area contributed by atoms with Gasteiger partial charge in [-0.05, 0) is 49.1 Å². The molecule has 176 valence electrons. The lowest BCUT2D eigenvalue weighted by Gasteiger charge is -2.15. The summed E-state index contributed by atoms with van der Waals surface area (Å²) in [5.74, 6) is 0.432. The van der Waals surface area contributed by atoms with E-state index >= 15 is 0 Å². The van der Waals surface area contributed by atoms with E-state index in [1.165, 1.54) is 5.56 Å². The van der Waals surface area contributed by atoms with Crippen LogP contribution in [0.25, 0.3) is 22.3 Å². The van der Waals surface area contributed by atoms with Crippen molar-refractivity contribution in [3.8, 4) is 11.3 Å². The Hall–Kier alpha value is -3.91. The van der Waals surface area contributed by atoms with Crippen molar-refractivity contribution >= 4 is 28.4 Å². The molecule has 5 N–H and O–H groups in total. The van der Waals surface area contributed by atoms with Gasteiger partial charge in [0.05, 0.1) is 11.1 Å². The number of nitrogen functional groups attached to an aromatic ring is 1. The number of nitrogens with zero attached hydrogens (tertiary/aromatic N) is 3. The Balaban J connectivity index is 1.64. The van der Waals surface area contributed by atoms with Gasteiger partial charge in [-0.25, -0.2) is 15.4 Å². The van der Waals surface area contributed by atoms with Gasteiger partial charge in [0.1, 0.15) is 17.8 Å². The van der Waals surface area contributed by atoms with Gasteiger partial charge < -0.3 is 15.6 Å². The van der Waals surface area contributed by atoms with Gasteiger partial charge in [0, 0.05) is 24.7 Å². The number of carbonyl (C=O) groups excluding carboxylic acids is 1. The second-order valence-electron chi connectivity index (χ2n) is 8.39. The van der Waals surface area contributed by atoms with Gasteiger partial charge in [0.25, 0.3) is 0 Å². The number of nitrogens with two attached hydrogens (primary N) is 1. The van der Waals surface area contributed by atoms with E-state index in [9.17, 15) is 4.79 Å². The van der Waals surface area contributed by atoms with Crippen molar-refractivity contribution in [2.45, 2.75) is 45.2 Å². The molecule has 1 atom stereocenters. The van der Waals surface area contributed by atoms with Crippen LogP contribution >= 0.6 is 0 Å². The summed E-state index contributed by atoms with van der Waals surface area (Å²) in [5.41, 5.74) is 12.4. The minimum absolute atomic E-state index is 0.0836. The van der Waals surface area contributed by atoms with Crippen LogP contribution in [0, 0.1) is 0 Å². The highest BCUT2D eigenvalue weighted by molar-refractivity contribution is 5.92. The lowest BCUT2D eigenvalue weighted by atomic mass is 10.1. The molecule has 0 bridgehead atoms. The monoisotopic (exact) mass is 458 g/mol. The van der Waals surface area contributed by atoms with Gasteiger partial charge in [-0.2, -0.15) is 0 Å². The van der Waals surface area contributed by atoms with Crippen molar-refractivity contribution in [3.63, 3.8) is 0 Å². The van der Waals surface area contributed by atoms with Crippen LogP contribution in [0.15, 0.2) is 67.0 Å². The summed E-state index contributed by atoms with van der Waals surface area (Å²) >= 11 is 0. The zero-order valence-electron chi connectivity index (χ0n) is 19.2. The first-order chi connectivity index (χ1) is 16.6. The average molecular weight is 459 g/mol. The van der Waals surface area contributed by atoms with Crippen molar-refractivity contribution in [2.24, 2.45) is 0 Å². The number of amides is 1.